The van der Waals surface area contributed by atoms with E-state index < -0.39 is 13.4 Å². The van der Waals surface area contributed by atoms with Gasteiger partial charge in [0.25, 0.3) is 0 Å². The molecule has 0 heterocycles. The van der Waals surface area contributed by atoms with Crippen molar-refractivity contribution in [2.45, 2.75) is 39.5 Å². The Bertz CT molecular complexity index is 439. The van der Waals surface area contributed by atoms with Crippen molar-refractivity contribution in [3.8, 4) is 0 Å². The second-order valence-corrected chi connectivity index (χ2v) is 9.29. The van der Waals surface area contributed by atoms with Gasteiger partial charge in [-0.3, -0.25) is 0 Å². The molecule has 0 aliphatic rings. The number of hydrogen-bond acceptors (Lipinski definition) is 2. The Kier molecular flexibility index (Phi) is 14.1. The van der Waals surface area contributed by atoms with Crippen molar-refractivity contribution in [3.05, 3.63) is 35.4 Å². The minimum absolute atomic E-state index is 1.23. The summed E-state index contributed by atoms with van der Waals surface area (Å²) in [7, 11) is 0. The van der Waals surface area contributed by atoms with Crippen molar-refractivity contribution in [1.82, 2.24) is 0 Å². The van der Waals surface area contributed by atoms with Crippen LogP contribution in [0.2, 0.25) is 0 Å². The zero-order valence-electron chi connectivity index (χ0n) is 12.5. The van der Waals surface area contributed by atoms with E-state index in [1.165, 1.54) is 25.7 Å². The van der Waals surface area contributed by atoms with Crippen LogP contribution >= 0.6 is 13.4 Å². The zero-order valence-corrected chi connectivity index (χ0v) is 16.0. The topological polar surface area (TPSA) is 121 Å². The fourth-order valence-electron chi connectivity index (χ4n) is 1.58. The first-order chi connectivity index (χ1) is 9.88. The van der Waals surface area contributed by atoms with Gasteiger partial charge in [-0.15, -0.1) is 0 Å². The molecule has 0 spiro atoms. The minimum Gasteiger partial charge on any atom is -0.325 e. The lowest BCUT2D eigenvalue weighted by molar-refractivity contribution is 0.361. The molecule has 0 saturated carbocycles. The van der Waals surface area contributed by atoms with Crippen molar-refractivity contribution in [2.75, 3.05) is 0 Å². The van der Waals surface area contributed by atoms with E-state index in [0.29, 0.717) is 0 Å². The van der Waals surface area contributed by atoms with Gasteiger partial charge in [-0.25, -0.2) is 0 Å². The summed E-state index contributed by atoms with van der Waals surface area (Å²) in [6.07, 6.45) is 4.97. The van der Waals surface area contributed by atoms with Crippen LogP contribution in [0, 0.1) is 0 Å². The van der Waals surface area contributed by atoms with Crippen LogP contribution in [0.15, 0.2) is 24.3 Å². The van der Waals surface area contributed by atoms with Crippen LogP contribution in [-0.2, 0) is 36.5 Å². The maximum atomic E-state index is 7.56. The van der Waals surface area contributed by atoms with E-state index in [1.807, 2.05) is 0 Å². The molecule has 10 heteroatoms. The summed E-state index contributed by atoms with van der Waals surface area (Å²) in [5, 5.41) is 0. The summed E-state index contributed by atoms with van der Waals surface area (Å²) in [5.74, 6) is 0. The van der Waals surface area contributed by atoms with Crippen LogP contribution in [-0.4, -0.2) is 29.4 Å². The molecule has 0 saturated heterocycles. The summed E-state index contributed by atoms with van der Waals surface area (Å²) < 4.78 is 0. The molecule has 0 radical (unpaired) electrons. The van der Waals surface area contributed by atoms with Gasteiger partial charge in [0, 0.05) is 0 Å². The molecule has 0 unspecified atom stereocenters. The summed E-state index contributed by atoms with van der Waals surface area (Å²) in [4.78, 5) is 45.3. The molecule has 6 nitrogen and oxygen atoms in total. The molecule has 0 aliphatic carbocycles. The molecular formula is C12H24O6P2S2. The second-order valence-electron chi connectivity index (χ2n) is 4.30. The zero-order chi connectivity index (χ0) is 17.8. The van der Waals surface area contributed by atoms with Gasteiger partial charge in [-0.1, -0.05) is 51.0 Å². The largest absolute Gasteiger partial charge is 0.325 e. The number of rotatable bonds is 4. The Hall–Kier alpha value is 0.280. The third-order valence-corrected chi connectivity index (χ3v) is 2.16. The van der Waals surface area contributed by atoms with E-state index in [2.05, 4.69) is 61.7 Å². The molecular weight excluding hydrogens is 366 g/mol. The summed E-state index contributed by atoms with van der Waals surface area (Å²) in [6, 6.07) is 8.80. The van der Waals surface area contributed by atoms with Gasteiger partial charge < -0.3 is 29.4 Å². The fourth-order valence-corrected chi connectivity index (χ4v) is 1.58. The first-order valence-corrected chi connectivity index (χ1v) is 11.8. The molecule has 0 amide bonds. The van der Waals surface area contributed by atoms with Gasteiger partial charge >= 0.3 is 13.4 Å². The second kappa shape index (κ2) is 12.7. The lowest BCUT2D eigenvalue weighted by Gasteiger charge is -2.06. The molecule has 1 aromatic carbocycles. The van der Waals surface area contributed by atoms with Crippen molar-refractivity contribution in [1.29, 1.82) is 0 Å². The van der Waals surface area contributed by atoms with Crippen LogP contribution in [0.4, 0.5) is 0 Å². The quantitative estimate of drug-likeness (QED) is 0.432. The molecule has 0 aromatic heterocycles. The maximum absolute atomic E-state index is 7.56. The SMILES string of the molecule is CCCc1ccccc1CCC.OP(O)(O)=S.OP(O)(O)=S. The highest BCUT2D eigenvalue weighted by molar-refractivity contribution is 8.06. The number of benzene rings is 1. The molecule has 1 rings (SSSR count). The number of aryl methyl sites for hydroxylation is 2. The lowest BCUT2D eigenvalue weighted by atomic mass is 10.00. The van der Waals surface area contributed by atoms with Crippen LogP contribution in [0.25, 0.3) is 0 Å². The molecule has 22 heavy (non-hydrogen) atoms. The third kappa shape index (κ3) is 25.2. The van der Waals surface area contributed by atoms with Gasteiger partial charge in [0.15, 0.2) is 0 Å². The summed E-state index contributed by atoms with van der Waals surface area (Å²) >= 11 is 7.21. The predicted molar refractivity (Wildman–Crippen MR) is 96.3 cm³/mol. The number of hydrogen-bond donors (Lipinski definition) is 6. The van der Waals surface area contributed by atoms with E-state index >= 15 is 0 Å². The van der Waals surface area contributed by atoms with Gasteiger partial charge in [0.2, 0.25) is 0 Å². The molecule has 0 fully saturated rings. The molecule has 0 aliphatic heterocycles. The van der Waals surface area contributed by atoms with Gasteiger partial charge in [0.05, 0.1) is 0 Å². The monoisotopic (exact) mass is 390 g/mol. The van der Waals surface area contributed by atoms with Crippen molar-refractivity contribution >= 4 is 37.1 Å². The normalized spacial score (nSPS) is 10.9. The van der Waals surface area contributed by atoms with Gasteiger partial charge in [-0.2, -0.15) is 0 Å². The van der Waals surface area contributed by atoms with Crippen molar-refractivity contribution in [3.63, 3.8) is 0 Å². The van der Waals surface area contributed by atoms with E-state index in [9.17, 15) is 0 Å². The highest BCUT2D eigenvalue weighted by Gasteiger charge is 1.98. The molecule has 1 aromatic rings. The van der Waals surface area contributed by atoms with E-state index in [4.69, 9.17) is 29.4 Å². The first kappa shape index (κ1) is 24.5. The Morgan fingerprint density at radius 3 is 1.14 bits per heavy atom. The Labute approximate surface area is 141 Å². The smallest absolute Gasteiger partial charge is 0.319 e. The fraction of sp³-hybridized carbons (Fsp3) is 0.500. The van der Waals surface area contributed by atoms with Crippen LogP contribution in [0.5, 0.6) is 0 Å². The molecule has 130 valence electrons. The third-order valence-electron chi connectivity index (χ3n) is 2.16. The van der Waals surface area contributed by atoms with Crippen LogP contribution < -0.4 is 0 Å². The van der Waals surface area contributed by atoms with Gasteiger partial charge in [-0.05, 0) is 47.6 Å². The van der Waals surface area contributed by atoms with Gasteiger partial charge in [0.1, 0.15) is 0 Å². The average Bonchev–Trinajstić information content (AvgIpc) is 2.28. The Morgan fingerprint density at radius 1 is 0.727 bits per heavy atom. The van der Waals surface area contributed by atoms with E-state index in [0.717, 1.165) is 0 Å². The molecule has 6 N–H and O–H groups in total. The maximum Gasteiger partial charge on any atom is 0.319 e. The lowest BCUT2D eigenvalue weighted by Crippen LogP contribution is -1.92. The highest BCUT2D eigenvalue weighted by Crippen LogP contribution is 2.26. The standard InChI is InChI=1S/C12H18.2H3O3PS/c1-3-7-11-9-5-6-10-12(11)8-4-2;2*1-4(2,3)5/h5-6,9-10H,3-4,7-8H2,1-2H3;2*(H3,1,2,3,5). The first-order valence-electron chi connectivity index (χ1n) is 6.51. The molecule has 0 atom stereocenters. The van der Waals surface area contributed by atoms with Crippen molar-refractivity contribution in [2.24, 2.45) is 0 Å². The van der Waals surface area contributed by atoms with Crippen LogP contribution in [0.1, 0.15) is 37.8 Å². The van der Waals surface area contributed by atoms with Crippen LogP contribution in [0.3, 0.4) is 0 Å². The average molecular weight is 390 g/mol. The summed E-state index contributed by atoms with van der Waals surface area (Å²) in [5.41, 5.74) is 3.09. The minimum atomic E-state index is -3.81. The highest BCUT2D eigenvalue weighted by atomic mass is 32.5. The Morgan fingerprint density at radius 2 is 0.955 bits per heavy atom. The van der Waals surface area contributed by atoms with E-state index in [-0.39, 0.29) is 0 Å². The van der Waals surface area contributed by atoms with Crippen molar-refractivity contribution < 1.29 is 29.4 Å². The summed E-state index contributed by atoms with van der Waals surface area (Å²) in [6.45, 7) is -3.13. The Balaban J connectivity index is 0. The van der Waals surface area contributed by atoms with E-state index in [1.54, 1.807) is 11.1 Å². The molecule has 0 bridgehead atoms. The predicted octanol–water partition coefficient (Wildman–Crippen LogP) is 1.97.